The van der Waals surface area contributed by atoms with Gasteiger partial charge >= 0.3 is 6.01 Å². The van der Waals surface area contributed by atoms with E-state index >= 15 is 0 Å². The molecule has 1 aromatic heterocycles. The maximum absolute atomic E-state index is 5.41. The first-order chi connectivity index (χ1) is 8.81. The number of nitrogens with zero attached hydrogens (tertiary/aromatic N) is 2. The number of nitrogens with one attached hydrogen (secondary N) is 1. The van der Waals surface area contributed by atoms with E-state index in [0.717, 1.165) is 11.4 Å². The molecule has 0 aliphatic rings. The number of benzene rings is 1. The van der Waals surface area contributed by atoms with E-state index in [2.05, 4.69) is 15.5 Å². The topological polar surface area (TPSA) is 86.2 Å². The van der Waals surface area contributed by atoms with E-state index in [0.29, 0.717) is 31.5 Å². The van der Waals surface area contributed by atoms with Gasteiger partial charge in [-0.3, -0.25) is 0 Å². The normalized spacial score (nSPS) is 10.3. The molecule has 6 heteroatoms. The summed E-state index contributed by atoms with van der Waals surface area (Å²) in [6.07, 6.45) is 0.577. The molecule has 0 amide bonds. The molecule has 0 saturated carbocycles. The van der Waals surface area contributed by atoms with Crippen molar-refractivity contribution in [2.45, 2.75) is 13.3 Å². The summed E-state index contributed by atoms with van der Waals surface area (Å²) < 4.78 is 10.8. The zero-order valence-electron chi connectivity index (χ0n) is 10.2. The van der Waals surface area contributed by atoms with E-state index in [4.69, 9.17) is 14.9 Å². The largest absolute Gasteiger partial charge is 0.494 e. The van der Waals surface area contributed by atoms with Crippen LogP contribution >= 0.6 is 0 Å². The van der Waals surface area contributed by atoms with Crippen molar-refractivity contribution < 1.29 is 9.15 Å². The molecule has 0 aliphatic carbocycles. The standard InChI is InChI=1S/C12H16N4O2/c1-2-17-10-5-3-4-9(8-10)14-12-16-15-11(18-12)6-7-13/h3-5,8H,2,6-7,13H2,1H3,(H,14,16). The van der Waals surface area contributed by atoms with Crippen molar-refractivity contribution in [1.82, 2.24) is 10.2 Å². The van der Waals surface area contributed by atoms with E-state index in [1.807, 2.05) is 31.2 Å². The van der Waals surface area contributed by atoms with Crippen LogP contribution in [0.5, 0.6) is 5.75 Å². The van der Waals surface area contributed by atoms with Crippen LogP contribution < -0.4 is 15.8 Å². The highest BCUT2D eigenvalue weighted by Crippen LogP contribution is 2.20. The lowest BCUT2D eigenvalue weighted by Gasteiger charge is -2.05. The molecule has 1 aromatic carbocycles. The Morgan fingerprint density at radius 3 is 3.06 bits per heavy atom. The summed E-state index contributed by atoms with van der Waals surface area (Å²) in [7, 11) is 0. The van der Waals surface area contributed by atoms with Crippen molar-refractivity contribution in [3.05, 3.63) is 30.2 Å². The van der Waals surface area contributed by atoms with E-state index < -0.39 is 0 Å². The molecule has 18 heavy (non-hydrogen) atoms. The molecule has 2 rings (SSSR count). The van der Waals surface area contributed by atoms with Gasteiger partial charge in [0.05, 0.1) is 6.61 Å². The maximum atomic E-state index is 5.41. The fourth-order valence-electron chi connectivity index (χ4n) is 1.48. The Morgan fingerprint density at radius 1 is 1.39 bits per heavy atom. The Hall–Kier alpha value is -2.08. The second-order valence-electron chi connectivity index (χ2n) is 3.63. The van der Waals surface area contributed by atoms with Crippen LogP contribution in [0.4, 0.5) is 11.7 Å². The van der Waals surface area contributed by atoms with Crippen LogP contribution in [0.1, 0.15) is 12.8 Å². The Bertz CT molecular complexity index is 498. The van der Waals surface area contributed by atoms with Gasteiger partial charge in [0.1, 0.15) is 5.75 Å². The SMILES string of the molecule is CCOc1cccc(Nc2nnc(CCN)o2)c1. The summed E-state index contributed by atoms with van der Waals surface area (Å²) in [4.78, 5) is 0. The highest BCUT2D eigenvalue weighted by molar-refractivity contribution is 5.54. The number of rotatable bonds is 6. The van der Waals surface area contributed by atoms with Gasteiger partial charge < -0.3 is 20.2 Å². The zero-order chi connectivity index (χ0) is 12.8. The number of nitrogens with two attached hydrogens (primary N) is 1. The molecule has 96 valence electrons. The lowest BCUT2D eigenvalue weighted by molar-refractivity contribution is 0.340. The van der Waals surface area contributed by atoms with Crippen LogP contribution in [0.25, 0.3) is 0 Å². The first-order valence-electron chi connectivity index (χ1n) is 5.84. The summed E-state index contributed by atoms with van der Waals surface area (Å²) >= 11 is 0. The molecule has 0 unspecified atom stereocenters. The molecule has 0 bridgehead atoms. The van der Waals surface area contributed by atoms with E-state index in [-0.39, 0.29) is 0 Å². The van der Waals surface area contributed by atoms with Gasteiger partial charge in [-0.05, 0) is 19.1 Å². The minimum atomic E-state index is 0.354. The second kappa shape index (κ2) is 6.02. The average Bonchev–Trinajstić information content (AvgIpc) is 2.78. The van der Waals surface area contributed by atoms with Crippen LogP contribution in [-0.2, 0) is 6.42 Å². The number of ether oxygens (including phenoxy) is 1. The van der Waals surface area contributed by atoms with E-state index in [1.54, 1.807) is 0 Å². The van der Waals surface area contributed by atoms with Crippen LogP contribution in [0.3, 0.4) is 0 Å². The molecule has 0 saturated heterocycles. The molecular formula is C12H16N4O2. The van der Waals surface area contributed by atoms with Crippen LogP contribution in [0.15, 0.2) is 28.7 Å². The highest BCUT2D eigenvalue weighted by Gasteiger charge is 2.05. The zero-order valence-corrected chi connectivity index (χ0v) is 10.2. The minimum absolute atomic E-state index is 0.354. The van der Waals surface area contributed by atoms with Crippen molar-refractivity contribution in [2.75, 3.05) is 18.5 Å². The molecule has 6 nitrogen and oxygen atoms in total. The molecule has 2 aromatic rings. The number of hydrogen-bond donors (Lipinski definition) is 2. The van der Waals surface area contributed by atoms with Crippen LogP contribution in [0, 0.1) is 0 Å². The Labute approximate surface area is 105 Å². The lowest BCUT2D eigenvalue weighted by atomic mass is 10.3. The predicted molar refractivity (Wildman–Crippen MR) is 68.0 cm³/mol. The van der Waals surface area contributed by atoms with Gasteiger partial charge in [0, 0.05) is 24.7 Å². The summed E-state index contributed by atoms with van der Waals surface area (Å²) in [6.45, 7) is 3.06. The smallest absolute Gasteiger partial charge is 0.320 e. The van der Waals surface area contributed by atoms with Gasteiger partial charge in [0.25, 0.3) is 0 Å². The first-order valence-corrected chi connectivity index (χ1v) is 5.84. The monoisotopic (exact) mass is 248 g/mol. The van der Waals surface area contributed by atoms with Gasteiger partial charge in [-0.2, -0.15) is 0 Å². The third-order valence-corrected chi connectivity index (χ3v) is 2.22. The van der Waals surface area contributed by atoms with Crippen LogP contribution in [0.2, 0.25) is 0 Å². The quantitative estimate of drug-likeness (QED) is 0.809. The van der Waals surface area contributed by atoms with Crippen molar-refractivity contribution >= 4 is 11.7 Å². The third-order valence-electron chi connectivity index (χ3n) is 2.22. The molecule has 3 N–H and O–H groups in total. The molecule has 0 atom stereocenters. The first kappa shape index (κ1) is 12.4. The second-order valence-corrected chi connectivity index (χ2v) is 3.63. The lowest BCUT2D eigenvalue weighted by Crippen LogP contribution is -2.02. The van der Waals surface area contributed by atoms with Crippen molar-refractivity contribution in [1.29, 1.82) is 0 Å². The average molecular weight is 248 g/mol. The molecule has 0 radical (unpaired) electrons. The van der Waals surface area contributed by atoms with E-state index in [9.17, 15) is 0 Å². The summed E-state index contributed by atoms with van der Waals surface area (Å²) in [5, 5.41) is 10.8. The molecule has 1 heterocycles. The van der Waals surface area contributed by atoms with Crippen molar-refractivity contribution in [2.24, 2.45) is 5.73 Å². The number of aromatic nitrogens is 2. The number of anilines is 2. The predicted octanol–water partition coefficient (Wildman–Crippen LogP) is 1.71. The maximum Gasteiger partial charge on any atom is 0.320 e. The fraction of sp³-hybridized carbons (Fsp3) is 0.333. The van der Waals surface area contributed by atoms with E-state index in [1.165, 1.54) is 0 Å². The van der Waals surface area contributed by atoms with Gasteiger partial charge in [-0.15, -0.1) is 5.10 Å². The molecule has 0 aliphatic heterocycles. The summed E-state index contributed by atoms with van der Waals surface area (Å²) in [5.74, 6) is 1.32. The number of hydrogen-bond acceptors (Lipinski definition) is 6. The van der Waals surface area contributed by atoms with Crippen LogP contribution in [-0.4, -0.2) is 23.3 Å². The Morgan fingerprint density at radius 2 is 2.28 bits per heavy atom. The molecule has 0 spiro atoms. The Kier molecular flexibility index (Phi) is 4.14. The summed E-state index contributed by atoms with van der Waals surface area (Å²) in [5.41, 5.74) is 6.25. The minimum Gasteiger partial charge on any atom is -0.494 e. The highest BCUT2D eigenvalue weighted by atomic mass is 16.5. The van der Waals surface area contributed by atoms with Crippen molar-refractivity contribution in [3.8, 4) is 5.75 Å². The van der Waals surface area contributed by atoms with Gasteiger partial charge in [-0.25, -0.2) is 0 Å². The Balaban J connectivity index is 2.05. The van der Waals surface area contributed by atoms with Gasteiger partial charge in [0.2, 0.25) is 5.89 Å². The fourth-order valence-corrected chi connectivity index (χ4v) is 1.48. The summed E-state index contributed by atoms with van der Waals surface area (Å²) in [6, 6.07) is 7.91. The molecular weight excluding hydrogens is 232 g/mol. The van der Waals surface area contributed by atoms with Gasteiger partial charge in [-0.1, -0.05) is 11.2 Å². The third kappa shape index (κ3) is 3.21. The van der Waals surface area contributed by atoms with Gasteiger partial charge in [0.15, 0.2) is 0 Å². The van der Waals surface area contributed by atoms with Crippen molar-refractivity contribution in [3.63, 3.8) is 0 Å². The molecule has 0 fully saturated rings.